The normalized spacial score (nSPS) is 13.8. The van der Waals surface area contributed by atoms with E-state index in [0.29, 0.717) is 11.3 Å². The van der Waals surface area contributed by atoms with E-state index in [1.54, 1.807) is 35.6 Å². The van der Waals surface area contributed by atoms with Crippen LogP contribution >= 0.6 is 11.3 Å². The zero-order chi connectivity index (χ0) is 24.5. The standard InChI is InChI=1S/C27H29N3O2S2/c1-18-11-19(2)13-22(12-18)16-30-10-9-24-25(15-28)27(33-26(24)17-30)29-20(3)14-21-5-7-23(8-6-21)34(4,31)32/h5-8,11-13,29H,3,9-10,14,16-17H2,1-2,4H3. The summed E-state index contributed by atoms with van der Waals surface area (Å²) in [7, 11) is -3.21. The van der Waals surface area contributed by atoms with Crippen LogP contribution in [-0.4, -0.2) is 26.1 Å². The Kier molecular flexibility index (Phi) is 6.94. The fourth-order valence-electron chi connectivity index (χ4n) is 4.52. The van der Waals surface area contributed by atoms with Crippen LogP contribution in [0.5, 0.6) is 0 Å². The first-order valence-corrected chi connectivity index (χ1v) is 13.9. The van der Waals surface area contributed by atoms with Gasteiger partial charge in [-0.05, 0) is 49.1 Å². The molecule has 0 saturated heterocycles. The maximum absolute atomic E-state index is 11.7. The summed E-state index contributed by atoms with van der Waals surface area (Å²) in [5, 5.41) is 14.1. The maximum atomic E-state index is 11.7. The number of nitriles is 1. The second-order valence-electron chi connectivity index (χ2n) is 9.10. The number of thiophene rings is 1. The van der Waals surface area contributed by atoms with Crippen molar-refractivity contribution in [1.29, 1.82) is 5.26 Å². The Morgan fingerprint density at radius 3 is 2.44 bits per heavy atom. The van der Waals surface area contributed by atoms with Crippen molar-refractivity contribution in [3.05, 3.63) is 93.0 Å². The van der Waals surface area contributed by atoms with E-state index in [4.69, 9.17) is 0 Å². The molecule has 5 nitrogen and oxygen atoms in total. The van der Waals surface area contributed by atoms with Crippen molar-refractivity contribution in [3.8, 4) is 6.07 Å². The first kappa shape index (κ1) is 24.2. The predicted octanol–water partition coefficient (Wildman–Crippen LogP) is 5.37. The van der Waals surface area contributed by atoms with Gasteiger partial charge in [0.1, 0.15) is 11.1 Å². The first-order valence-electron chi connectivity index (χ1n) is 11.2. The van der Waals surface area contributed by atoms with Crippen molar-refractivity contribution >= 4 is 26.2 Å². The van der Waals surface area contributed by atoms with Crippen molar-refractivity contribution in [2.45, 2.75) is 44.7 Å². The molecule has 0 spiro atoms. The van der Waals surface area contributed by atoms with Crippen molar-refractivity contribution in [3.63, 3.8) is 0 Å². The zero-order valence-corrected chi connectivity index (χ0v) is 21.4. The molecule has 34 heavy (non-hydrogen) atoms. The van der Waals surface area contributed by atoms with Gasteiger partial charge >= 0.3 is 0 Å². The molecule has 4 rings (SSSR count). The molecule has 7 heteroatoms. The van der Waals surface area contributed by atoms with Gasteiger partial charge in [0.2, 0.25) is 0 Å². The Labute approximate surface area is 206 Å². The van der Waals surface area contributed by atoms with E-state index in [1.807, 2.05) is 0 Å². The van der Waals surface area contributed by atoms with E-state index in [2.05, 4.69) is 54.9 Å². The van der Waals surface area contributed by atoms with E-state index < -0.39 is 9.84 Å². The van der Waals surface area contributed by atoms with Gasteiger partial charge in [-0.2, -0.15) is 5.26 Å². The van der Waals surface area contributed by atoms with Gasteiger partial charge in [0.15, 0.2) is 9.84 Å². The maximum Gasteiger partial charge on any atom is 0.175 e. The number of sulfone groups is 1. The summed E-state index contributed by atoms with van der Waals surface area (Å²) in [6.07, 6.45) is 2.62. The lowest BCUT2D eigenvalue weighted by Crippen LogP contribution is -2.29. The Hall–Kier alpha value is -2.92. The van der Waals surface area contributed by atoms with Crippen LogP contribution in [0.2, 0.25) is 0 Å². The topological polar surface area (TPSA) is 73.2 Å². The van der Waals surface area contributed by atoms with Crippen molar-refractivity contribution in [1.82, 2.24) is 4.90 Å². The molecule has 1 N–H and O–H groups in total. The van der Waals surface area contributed by atoms with Crippen LogP contribution in [0.4, 0.5) is 5.00 Å². The van der Waals surface area contributed by atoms with Crippen LogP contribution in [-0.2, 0) is 35.8 Å². The van der Waals surface area contributed by atoms with Crippen LogP contribution in [0.25, 0.3) is 0 Å². The molecule has 2 aromatic carbocycles. The molecule has 0 radical (unpaired) electrons. The minimum absolute atomic E-state index is 0.304. The molecule has 3 aromatic rings. The van der Waals surface area contributed by atoms with Gasteiger partial charge in [0.25, 0.3) is 0 Å². The molecule has 0 bridgehead atoms. The Balaban J connectivity index is 1.45. The third-order valence-electron chi connectivity index (χ3n) is 5.99. The fourth-order valence-corrected chi connectivity index (χ4v) is 6.44. The highest BCUT2D eigenvalue weighted by Crippen LogP contribution is 2.37. The quantitative estimate of drug-likeness (QED) is 0.481. The van der Waals surface area contributed by atoms with Gasteiger partial charge in [-0.15, -0.1) is 11.3 Å². The lowest BCUT2D eigenvalue weighted by atomic mass is 10.0. The highest BCUT2D eigenvalue weighted by Gasteiger charge is 2.25. The average Bonchev–Trinajstić information content (AvgIpc) is 3.08. The summed E-state index contributed by atoms with van der Waals surface area (Å²) < 4.78 is 23.3. The smallest absolute Gasteiger partial charge is 0.175 e. The van der Waals surface area contributed by atoms with Gasteiger partial charge in [0, 0.05) is 42.9 Å². The number of nitrogens with one attached hydrogen (secondary N) is 1. The Morgan fingerprint density at radius 1 is 1.15 bits per heavy atom. The highest BCUT2D eigenvalue weighted by atomic mass is 32.2. The number of aryl methyl sites for hydroxylation is 2. The number of allylic oxidation sites excluding steroid dienone is 1. The third-order valence-corrected chi connectivity index (χ3v) is 8.26. The SMILES string of the molecule is C=C(Cc1ccc(S(C)(=O)=O)cc1)Nc1sc2c(c1C#N)CCN(Cc1cc(C)cc(C)c1)C2. The second kappa shape index (κ2) is 9.75. The minimum Gasteiger partial charge on any atom is -0.350 e. The summed E-state index contributed by atoms with van der Waals surface area (Å²) in [5.74, 6) is 0. The van der Waals surface area contributed by atoms with E-state index >= 15 is 0 Å². The summed E-state index contributed by atoms with van der Waals surface area (Å²) in [5.41, 5.74) is 7.50. The Morgan fingerprint density at radius 2 is 1.82 bits per heavy atom. The molecule has 1 aromatic heterocycles. The summed E-state index contributed by atoms with van der Waals surface area (Å²) >= 11 is 1.64. The number of hydrogen-bond donors (Lipinski definition) is 1. The third kappa shape index (κ3) is 5.58. The van der Waals surface area contributed by atoms with Gasteiger partial charge in [-0.1, -0.05) is 48.0 Å². The second-order valence-corrected chi connectivity index (χ2v) is 12.2. The number of fused-ring (bicyclic) bond motifs is 1. The van der Waals surface area contributed by atoms with E-state index in [9.17, 15) is 13.7 Å². The number of anilines is 1. The van der Waals surface area contributed by atoms with Gasteiger partial charge in [0.05, 0.1) is 10.5 Å². The minimum atomic E-state index is -3.21. The van der Waals surface area contributed by atoms with Crippen LogP contribution < -0.4 is 5.32 Å². The van der Waals surface area contributed by atoms with E-state index in [-0.39, 0.29) is 0 Å². The molecule has 2 heterocycles. The number of hydrogen-bond acceptors (Lipinski definition) is 6. The molecular formula is C27H29N3O2S2. The molecule has 0 aliphatic carbocycles. The summed E-state index contributed by atoms with van der Waals surface area (Å²) in [6, 6.07) is 15.9. The predicted molar refractivity (Wildman–Crippen MR) is 139 cm³/mol. The zero-order valence-electron chi connectivity index (χ0n) is 19.8. The molecule has 0 fully saturated rings. The molecule has 0 amide bonds. The van der Waals surface area contributed by atoms with Crippen LogP contribution in [0.1, 0.15) is 38.3 Å². The average molecular weight is 492 g/mol. The number of nitrogens with zero attached hydrogens (tertiary/aromatic N) is 2. The highest BCUT2D eigenvalue weighted by molar-refractivity contribution is 7.90. The Bertz CT molecular complexity index is 1360. The van der Waals surface area contributed by atoms with Crippen molar-refractivity contribution < 1.29 is 8.42 Å². The molecule has 1 aliphatic heterocycles. The van der Waals surface area contributed by atoms with Gasteiger partial charge < -0.3 is 5.32 Å². The van der Waals surface area contributed by atoms with Crippen molar-refractivity contribution in [2.75, 3.05) is 18.1 Å². The molecular weight excluding hydrogens is 462 g/mol. The number of rotatable bonds is 7. The molecule has 0 unspecified atom stereocenters. The van der Waals surface area contributed by atoms with Crippen LogP contribution in [0.3, 0.4) is 0 Å². The molecule has 1 aliphatic rings. The summed E-state index contributed by atoms with van der Waals surface area (Å²) in [6.45, 7) is 11.1. The molecule has 0 atom stereocenters. The monoisotopic (exact) mass is 491 g/mol. The van der Waals surface area contributed by atoms with Crippen LogP contribution in [0.15, 0.2) is 59.6 Å². The van der Waals surface area contributed by atoms with E-state index in [0.717, 1.165) is 53.4 Å². The van der Waals surface area contributed by atoms with E-state index in [1.165, 1.54) is 27.8 Å². The molecule has 176 valence electrons. The largest absolute Gasteiger partial charge is 0.350 e. The fraction of sp³-hybridized carbons (Fsp3) is 0.296. The first-order chi connectivity index (χ1) is 16.1. The van der Waals surface area contributed by atoms with Crippen molar-refractivity contribution in [2.24, 2.45) is 0 Å². The van der Waals surface area contributed by atoms with Gasteiger partial charge in [-0.3, -0.25) is 4.90 Å². The van der Waals surface area contributed by atoms with Crippen LogP contribution in [0, 0.1) is 25.2 Å². The number of benzene rings is 2. The van der Waals surface area contributed by atoms with Gasteiger partial charge in [-0.25, -0.2) is 8.42 Å². The summed E-state index contributed by atoms with van der Waals surface area (Å²) in [4.78, 5) is 3.98. The lowest BCUT2D eigenvalue weighted by Gasteiger charge is -2.27. The molecule has 0 saturated carbocycles. The lowest BCUT2D eigenvalue weighted by molar-refractivity contribution is 0.248.